The Balaban J connectivity index is 2.36. The number of carbonyl (C=O) groups is 1. The van der Waals surface area contributed by atoms with Crippen LogP contribution < -0.4 is 4.74 Å². The van der Waals surface area contributed by atoms with E-state index in [-0.39, 0.29) is 12.0 Å². The molecule has 1 aromatic heterocycles. The second-order valence-corrected chi connectivity index (χ2v) is 4.29. The Morgan fingerprint density at radius 2 is 2.10 bits per heavy atom. The molecule has 2 aromatic rings. The van der Waals surface area contributed by atoms with E-state index in [1.807, 2.05) is 0 Å². The van der Waals surface area contributed by atoms with Crippen molar-refractivity contribution in [3.63, 3.8) is 0 Å². The molecule has 4 nitrogen and oxygen atoms in total. The normalized spacial score (nSPS) is 11.9. The summed E-state index contributed by atoms with van der Waals surface area (Å²) in [7, 11) is 1.46. The molecule has 0 spiro atoms. The molecule has 1 N–H and O–H groups in total. The van der Waals surface area contributed by atoms with Gasteiger partial charge in [-0.05, 0) is 18.6 Å². The highest BCUT2D eigenvalue weighted by molar-refractivity contribution is 5.76. The van der Waals surface area contributed by atoms with Gasteiger partial charge in [-0.1, -0.05) is 24.3 Å². The van der Waals surface area contributed by atoms with Crippen LogP contribution in [0.4, 0.5) is 4.39 Å². The number of aliphatic carboxylic acids is 1. The van der Waals surface area contributed by atoms with Crippen molar-refractivity contribution in [1.29, 1.82) is 0 Å². The molecule has 104 valence electrons. The van der Waals surface area contributed by atoms with Crippen molar-refractivity contribution in [3.8, 4) is 5.88 Å². The first-order valence-corrected chi connectivity index (χ1v) is 6.08. The third-order valence-corrected chi connectivity index (χ3v) is 3.05. The lowest BCUT2D eigenvalue weighted by Crippen LogP contribution is -2.16. The zero-order chi connectivity index (χ0) is 14.5. The Morgan fingerprint density at radius 1 is 1.35 bits per heavy atom. The molecule has 0 aliphatic heterocycles. The maximum Gasteiger partial charge on any atom is 0.311 e. The van der Waals surface area contributed by atoms with Crippen molar-refractivity contribution in [1.82, 2.24) is 4.98 Å². The topological polar surface area (TPSA) is 59.4 Å². The van der Waals surface area contributed by atoms with Gasteiger partial charge >= 0.3 is 5.97 Å². The van der Waals surface area contributed by atoms with Gasteiger partial charge in [0.05, 0.1) is 13.0 Å². The van der Waals surface area contributed by atoms with E-state index in [1.54, 1.807) is 24.4 Å². The molecule has 0 fully saturated rings. The molecule has 0 aliphatic carbocycles. The third-order valence-electron chi connectivity index (χ3n) is 3.05. The number of pyridine rings is 1. The monoisotopic (exact) mass is 275 g/mol. The van der Waals surface area contributed by atoms with E-state index in [4.69, 9.17) is 4.74 Å². The van der Waals surface area contributed by atoms with Crippen LogP contribution in [0.1, 0.15) is 17.0 Å². The maximum absolute atomic E-state index is 13.8. The van der Waals surface area contributed by atoms with Crippen LogP contribution in [0.5, 0.6) is 5.88 Å². The lowest BCUT2D eigenvalue weighted by molar-refractivity contribution is -0.138. The summed E-state index contributed by atoms with van der Waals surface area (Å²) >= 11 is 0. The number of aromatic nitrogens is 1. The minimum absolute atomic E-state index is 0.118. The molecule has 0 saturated heterocycles. The third kappa shape index (κ3) is 2.93. The van der Waals surface area contributed by atoms with E-state index in [0.717, 1.165) is 0 Å². The van der Waals surface area contributed by atoms with Crippen LogP contribution in [-0.4, -0.2) is 23.2 Å². The van der Waals surface area contributed by atoms with Crippen LogP contribution in [0, 0.1) is 5.82 Å². The number of hydrogen-bond acceptors (Lipinski definition) is 3. The van der Waals surface area contributed by atoms with E-state index >= 15 is 0 Å². The first kappa shape index (κ1) is 14.0. The summed E-state index contributed by atoms with van der Waals surface area (Å²) in [5, 5.41) is 9.35. The minimum atomic E-state index is -1.08. The van der Waals surface area contributed by atoms with Gasteiger partial charge in [-0.25, -0.2) is 9.37 Å². The largest absolute Gasteiger partial charge is 0.481 e. The number of ether oxygens (including phenoxy) is 1. The predicted octanol–water partition coefficient (Wildman–Crippen LogP) is 2.64. The van der Waals surface area contributed by atoms with Crippen molar-refractivity contribution >= 4 is 5.97 Å². The fourth-order valence-corrected chi connectivity index (χ4v) is 2.07. The molecule has 0 amide bonds. The van der Waals surface area contributed by atoms with Crippen LogP contribution in [0.3, 0.4) is 0 Å². The molecular formula is C15H14FNO3. The molecule has 0 bridgehead atoms. The van der Waals surface area contributed by atoms with E-state index < -0.39 is 17.7 Å². The standard InChI is InChI=1S/C15H14FNO3/c1-20-14-10(5-4-8-17-14)9-12(15(18)19)11-6-2-3-7-13(11)16/h2-8,12H,9H2,1H3,(H,18,19). The Bertz CT molecular complexity index is 616. The molecule has 0 aliphatic rings. The zero-order valence-electron chi connectivity index (χ0n) is 10.9. The van der Waals surface area contributed by atoms with Gasteiger partial charge in [0.2, 0.25) is 5.88 Å². The predicted molar refractivity (Wildman–Crippen MR) is 71.3 cm³/mol. The van der Waals surface area contributed by atoms with Crippen LogP contribution >= 0.6 is 0 Å². The summed E-state index contributed by atoms with van der Waals surface area (Å²) in [6.07, 6.45) is 1.68. The highest BCUT2D eigenvalue weighted by Gasteiger charge is 2.24. The van der Waals surface area contributed by atoms with E-state index in [2.05, 4.69) is 4.98 Å². The highest BCUT2D eigenvalue weighted by atomic mass is 19.1. The van der Waals surface area contributed by atoms with E-state index in [1.165, 1.54) is 25.3 Å². The fourth-order valence-electron chi connectivity index (χ4n) is 2.07. The Kier molecular flexibility index (Phi) is 4.30. The number of hydrogen-bond donors (Lipinski definition) is 1. The number of methoxy groups -OCH3 is 1. The number of nitrogens with zero attached hydrogens (tertiary/aromatic N) is 1. The van der Waals surface area contributed by atoms with Crippen molar-refractivity contribution in [2.45, 2.75) is 12.3 Å². The molecule has 1 atom stereocenters. The van der Waals surface area contributed by atoms with Crippen molar-refractivity contribution in [2.24, 2.45) is 0 Å². The molecule has 0 saturated carbocycles. The van der Waals surface area contributed by atoms with Gasteiger partial charge in [0.15, 0.2) is 0 Å². The van der Waals surface area contributed by atoms with Crippen molar-refractivity contribution in [3.05, 3.63) is 59.5 Å². The number of carboxylic acid groups (broad SMARTS) is 1. The van der Waals surface area contributed by atoms with Crippen molar-refractivity contribution in [2.75, 3.05) is 7.11 Å². The summed E-state index contributed by atoms with van der Waals surface area (Å²) in [5.74, 6) is -2.23. The summed E-state index contributed by atoms with van der Waals surface area (Å²) < 4.78 is 18.9. The van der Waals surface area contributed by atoms with Crippen LogP contribution in [-0.2, 0) is 11.2 Å². The number of halogens is 1. The second kappa shape index (κ2) is 6.14. The summed E-state index contributed by atoms with van der Waals surface area (Å²) in [6.45, 7) is 0. The summed E-state index contributed by atoms with van der Waals surface area (Å²) in [4.78, 5) is 15.4. The molecule has 20 heavy (non-hydrogen) atoms. The first-order chi connectivity index (χ1) is 9.63. The van der Waals surface area contributed by atoms with Gasteiger partial charge in [0, 0.05) is 17.3 Å². The SMILES string of the molecule is COc1ncccc1CC(C(=O)O)c1ccccc1F. The van der Waals surface area contributed by atoms with Gasteiger partial charge in [0.1, 0.15) is 5.82 Å². The van der Waals surface area contributed by atoms with Crippen LogP contribution in [0.2, 0.25) is 0 Å². The smallest absolute Gasteiger partial charge is 0.311 e. The minimum Gasteiger partial charge on any atom is -0.481 e. The molecule has 5 heteroatoms. The van der Waals surface area contributed by atoms with Gasteiger partial charge < -0.3 is 9.84 Å². The molecule has 1 aromatic carbocycles. The van der Waals surface area contributed by atoms with Crippen LogP contribution in [0.25, 0.3) is 0 Å². The Labute approximate surface area is 115 Å². The van der Waals surface area contributed by atoms with E-state index in [0.29, 0.717) is 11.4 Å². The summed E-state index contributed by atoms with van der Waals surface area (Å²) in [5.41, 5.74) is 0.788. The summed E-state index contributed by atoms with van der Waals surface area (Å²) in [6, 6.07) is 9.31. The Morgan fingerprint density at radius 3 is 2.75 bits per heavy atom. The quantitative estimate of drug-likeness (QED) is 0.911. The number of rotatable bonds is 5. The lowest BCUT2D eigenvalue weighted by Gasteiger charge is -2.15. The highest BCUT2D eigenvalue weighted by Crippen LogP contribution is 2.27. The van der Waals surface area contributed by atoms with Crippen molar-refractivity contribution < 1.29 is 19.0 Å². The molecule has 2 rings (SSSR count). The maximum atomic E-state index is 13.8. The van der Waals surface area contributed by atoms with Gasteiger partial charge in [0.25, 0.3) is 0 Å². The molecule has 0 radical (unpaired) electrons. The van der Waals surface area contributed by atoms with Gasteiger partial charge in [-0.3, -0.25) is 4.79 Å². The molecule has 1 unspecified atom stereocenters. The van der Waals surface area contributed by atoms with E-state index in [9.17, 15) is 14.3 Å². The molecule has 1 heterocycles. The van der Waals surface area contributed by atoms with Crippen LogP contribution in [0.15, 0.2) is 42.6 Å². The zero-order valence-corrected chi connectivity index (χ0v) is 10.9. The van der Waals surface area contributed by atoms with Gasteiger partial charge in [-0.15, -0.1) is 0 Å². The first-order valence-electron chi connectivity index (χ1n) is 6.08. The average molecular weight is 275 g/mol. The Hall–Kier alpha value is -2.43. The molecular weight excluding hydrogens is 261 g/mol. The fraction of sp³-hybridized carbons (Fsp3) is 0.200. The average Bonchev–Trinajstić information content (AvgIpc) is 2.46. The van der Waals surface area contributed by atoms with Gasteiger partial charge in [-0.2, -0.15) is 0 Å². The number of benzene rings is 1. The lowest BCUT2D eigenvalue weighted by atomic mass is 9.92. The number of carboxylic acids is 1. The second-order valence-electron chi connectivity index (χ2n) is 4.29.